The minimum Gasteiger partial charge on any atom is -0.382 e. The predicted molar refractivity (Wildman–Crippen MR) is 69.6 cm³/mol. The Balaban J connectivity index is 2.14. The molecule has 1 heterocycles. The zero-order valence-electron chi connectivity index (χ0n) is 9.87. The fourth-order valence-electron chi connectivity index (χ4n) is 1.65. The van der Waals surface area contributed by atoms with E-state index in [9.17, 15) is 0 Å². The van der Waals surface area contributed by atoms with Gasteiger partial charge in [-0.15, -0.1) is 0 Å². The molecule has 2 N–H and O–H groups in total. The number of nitrogens with zero attached hydrogens (tertiary/aromatic N) is 3. The summed E-state index contributed by atoms with van der Waals surface area (Å²) in [6.07, 6.45) is 3.30. The van der Waals surface area contributed by atoms with Crippen LogP contribution in [-0.4, -0.2) is 16.5 Å². The molecule has 0 atom stereocenters. The van der Waals surface area contributed by atoms with Crippen LogP contribution in [0.25, 0.3) is 0 Å². The van der Waals surface area contributed by atoms with Crippen LogP contribution in [0.3, 0.4) is 0 Å². The zero-order valence-corrected chi connectivity index (χ0v) is 9.87. The first-order valence-electron chi connectivity index (χ1n) is 5.66. The van der Waals surface area contributed by atoms with Crippen LogP contribution in [0.2, 0.25) is 0 Å². The molecule has 17 heavy (non-hydrogen) atoms. The van der Waals surface area contributed by atoms with Gasteiger partial charge in [0.25, 0.3) is 0 Å². The Labute approximate surface area is 101 Å². The van der Waals surface area contributed by atoms with E-state index in [-0.39, 0.29) is 0 Å². The number of nitrogen functional groups attached to an aromatic ring is 1. The lowest BCUT2D eigenvalue weighted by Gasteiger charge is -2.21. The minimum absolute atomic E-state index is 0.449. The summed E-state index contributed by atoms with van der Waals surface area (Å²) in [5, 5.41) is 0. The van der Waals surface area contributed by atoms with E-state index in [1.165, 1.54) is 5.56 Å². The van der Waals surface area contributed by atoms with Gasteiger partial charge in [-0.1, -0.05) is 30.3 Å². The van der Waals surface area contributed by atoms with Crippen molar-refractivity contribution in [3.63, 3.8) is 0 Å². The van der Waals surface area contributed by atoms with Crippen molar-refractivity contribution in [3.8, 4) is 0 Å². The Bertz CT molecular complexity index is 453. The molecular formula is C13H16N4. The second kappa shape index (κ2) is 5.30. The van der Waals surface area contributed by atoms with Gasteiger partial charge in [0, 0.05) is 13.1 Å². The van der Waals surface area contributed by atoms with E-state index >= 15 is 0 Å². The average molecular weight is 228 g/mol. The van der Waals surface area contributed by atoms with Crippen molar-refractivity contribution in [2.45, 2.75) is 13.5 Å². The summed E-state index contributed by atoms with van der Waals surface area (Å²) in [5.41, 5.74) is 6.79. The lowest BCUT2D eigenvalue weighted by Crippen LogP contribution is -2.23. The molecular weight excluding hydrogens is 212 g/mol. The highest BCUT2D eigenvalue weighted by atomic mass is 15.2. The highest BCUT2D eigenvalue weighted by molar-refractivity contribution is 5.40. The largest absolute Gasteiger partial charge is 0.382 e. The summed E-state index contributed by atoms with van der Waals surface area (Å²) in [7, 11) is 0. The molecule has 2 aromatic rings. The van der Waals surface area contributed by atoms with E-state index in [2.05, 4.69) is 33.9 Å². The SMILES string of the molecule is CCN(Cc1ccccc1)c1cnc(N)cn1. The third-order valence-corrected chi connectivity index (χ3v) is 2.58. The molecule has 1 aromatic heterocycles. The molecule has 0 unspecified atom stereocenters. The van der Waals surface area contributed by atoms with Crippen LogP contribution in [0.15, 0.2) is 42.7 Å². The van der Waals surface area contributed by atoms with Crippen LogP contribution in [-0.2, 0) is 6.54 Å². The zero-order chi connectivity index (χ0) is 12.1. The summed E-state index contributed by atoms with van der Waals surface area (Å²) < 4.78 is 0. The molecule has 4 nitrogen and oxygen atoms in total. The number of anilines is 2. The Hall–Kier alpha value is -2.10. The fourth-order valence-corrected chi connectivity index (χ4v) is 1.65. The van der Waals surface area contributed by atoms with Gasteiger partial charge in [0.05, 0.1) is 12.4 Å². The van der Waals surface area contributed by atoms with Gasteiger partial charge in [-0.25, -0.2) is 9.97 Å². The molecule has 0 amide bonds. The second-order valence-electron chi connectivity index (χ2n) is 3.80. The number of benzene rings is 1. The molecule has 0 radical (unpaired) electrons. The average Bonchev–Trinajstić information content (AvgIpc) is 2.38. The third-order valence-electron chi connectivity index (χ3n) is 2.58. The highest BCUT2D eigenvalue weighted by Gasteiger charge is 2.06. The Morgan fingerprint density at radius 2 is 1.88 bits per heavy atom. The van der Waals surface area contributed by atoms with Gasteiger partial charge >= 0.3 is 0 Å². The molecule has 0 saturated heterocycles. The minimum atomic E-state index is 0.449. The first-order valence-corrected chi connectivity index (χ1v) is 5.66. The number of nitrogens with two attached hydrogens (primary N) is 1. The molecule has 0 bridgehead atoms. The van der Waals surface area contributed by atoms with Crippen LogP contribution in [0.5, 0.6) is 0 Å². The maximum atomic E-state index is 5.53. The summed E-state index contributed by atoms with van der Waals surface area (Å²) in [6, 6.07) is 10.3. The second-order valence-corrected chi connectivity index (χ2v) is 3.80. The van der Waals surface area contributed by atoms with E-state index in [4.69, 9.17) is 5.73 Å². The lowest BCUT2D eigenvalue weighted by molar-refractivity contribution is 0.810. The smallest absolute Gasteiger partial charge is 0.147 e. The van der Waals surface area contributed by atoms with Crippen molar-refractivity contribution >= 4 is 11.6 Å². The standard InChI is InChI=1S/C13H16N4/c1-2-17(10-11-6-4-3-5-7-11)13-9-15-12(14)8-16-13/h3-9H,2,10H2,1H3,(H2,14,15). The maximum absolute atomic E-state index is 5.53. The Kier molecular flexibility index (Phi) is 3.55. The van der Waals surface area contributed by atoms with Crippen LogP contribution in [0.4, 0.5) is 11.6 Å². The van der Waals surface area contributed by atoms with Crippen LogP contribution in [0.1, 0.15) is 12.5 Å². The molecule has 2 rings (SSSR count). The van der Waals surface area contributed by atoms with E-state index in [1.54, 1.807) is 12.4 Å². The topological polar surface area (TPSA) is 55.0 Å². The molecule has 0 spiro atoms. The van der Waals surface area contributed by atoms with Gasteiger partial charge in [0.2, 0.25) is 0 Å². The van der Waals surface area contributed by atoms with Crippen molar-refractivity contribution in [3.05, 3.63) is 48.3 Å². The van der Waals surface area contributed by atoms with Crippen molar-refractivity contribution in [1.82, 2.24) is 9.97 Å². The van der Waals surface area contributed by atoms with Gasteiger partial charge in [-0.2, -0.15) is 0 Å². The molecule has 4 heteroatoms. The van der Waals surface area contributed by atoms with Gasteiger partial charge < -0.3 is 10.6 Å². The van der Waals surface area contributed by atoms with Crippen molar-refractivity contribution < 1.29 is 0 Å². The van der Waals surface area contributed by atoms with E-state index in [0.29, 0.717) is 5.82 Å². The molecule has 0 saturated carbocycles. The summed E-state index contributed by atoms with van der Waals surface area (Å²) in [4.78, 5) is 10.5. The molecule has 1 aromatic carbocycles. The molecule has 0 aliphatic heterocycles. The normalized spacial score (nSPS) is 10.2. The summed E-state index contributed by atoms with van der Waals surface area (Å²) in [5.74, 6) is 1.30. The van der Waals surface area contributed by atoms with Crippen molar-refractivity contribution in [2.75, 3.05) is 17.2 Å². The monoisotopic (exact) mass is 228 g/mol. The summed E-state index contributed by atoms with van der Waals surface area (Å²) >= 11 is 0. The predicted octanol–water partition coefficient (Wildman–Crippen LogP) is 2.09. The van der Waals surface area contributed by atoms with Gasteiger partial charge in [0.15, 0.2) is 0 Å². The molecule has 0 fully saturated rings. The number of hydrogen-bond donors (Lipinski definition) is 1. The van der Waals surface area contributed by atoms with Gasteiger partial charge in [-0.3, -0.25) is 0 Å². The molecule has 0 aliphatic rings. The number of hydrogen-bond acceptors (Lipinski definition) is 4. The molecule has 0 aliphatic carbocycles. The van der Waals surface area contributed by atoms with Crippen LogP contribution < -0.4 is 10.6 Å². The van der Waals surface area contributed by atoms with Crippen LogP contribution in [0, 0.1) is 0 Å². The van der Waals surface area contributed by atoms with Gasteiger partial charge in [-0.05, 0) is 12.5 Å². The highest BCUT2D eigenvalue weighted by Crippen LogP contribution is 2.13. The fraction of sp³-hybridized carbons (Fsp3) is 0.231. The number of aromatic nitrogens is 2. The van der Waals surface area contributed by atoms with Gasteiger partial charge in [0.1, 0.15) is 11.6 Å². The van der Waals surface area contributed by atoms with Crippen molar-refractivity contribution in [1.29, 1.82) is 0 Å². The number of rotatable bonds is 4. The third kappa shape index (κ3) is 2.93. The quantitative estimate of drug-likeness (QED) is 0.870. The van der Waals surface area contributed by atoms with E-state index < -0.39 is 0 Å². The van der Waals surface area contributed by atoms with Crippen LogP contribution >= 0.6 is 0 Å². The lowest BCUT2D eigenvalue weighted by atomic mass is 10.2. The van der Waals surface area contributed by atoms with Crippen molar-refractivity contribution in [2.24, 2.45) is 0 Å². The van der Waals surface area contributed by atoms with E-state index in [1.807, 2.05) is 18.2 Å². The Morgan fingerprint density at radius 3 is 2.47 bits per heavy atom. The Morgan fingerprint density at radius 1 is 1.12 bits per heavy atom. The first kappa shape index (κ1) is 11.4. The first-order chi connectivity index (χ1) is 8.29. The molecule has 88 valence electrons. The maximum Gasteiger partial charge on any atom is 0.147 e. The summed E-state index contributed by atoms with van der Waals surface area (Å²) in [6.45, 7) is 3.81. The van der Waals surface area contributed by atoms with E-state index in [0.717, 1.165) is 18.9 Å².